The maximum Gasteiger partial charge on any atom is 0.231 e. The topological polar surface area (TPSA) is 67.6 Å². The summed E-state index contributed by atoms with van der Waals surface area (Å²) in [7, 11) is 0. The van der Waals surface area contributed by atoms with Crippen molar-refractivity contribution >= 4 is 5.91 Å². The van der Waals surface area contributed by atoms with E-state index in [1.165, 1.54) is 5.56 Å². The maximum atomic E-state index is 11.0. The smallest absolute Gasteiger partial charge is 0.231 e. The van der Waals surface area contributed by atoms with Crippen LogP contribution in [0.3, 0.4) is 0 Å². The lowest BCUT2D eigenvalue weighted by Crippen LogP contribution is -2.46. The van der Waals surface area contributed by atoms with E-state index >= 15 is 0 Å². The third-order valence-corrected chi connectivity index (χ3v) is 4.36. The van der Waals surface area contributed by atoms with Gasteiger partial charge < -0.3 is 15.8 Å². The van der Waals surface area contributed by atoms with Gasteiger partial charge in [-0.05, 0) is 18.9 Å². The van der Waals surface area contributed by atoms with Crippen LogP contribution in [0.4, 0.5) is 0 Å². The van der Waals surface area contributed by atoms with E-state index in [4.69, 9.17) is 10.5 Å². The van der Waals surface area contributed by atoms with Gasteiger partial charge in [0, 0.05) is 37.2 Å². The van der Waals surface area contributed by atoms with E-state index in [1.54, 1.807) is 0 Å². The van der Waals surface area contributed by atoms with Crippen molar-refractivity contribution in [3.63, 3.8) is 0 Å². The second-order valence-electron chi connectivity index (χ2n) is 5.91. The number of fused-ring (bicyclic) bond motifs is 1. The van der Waals surface area contributed by atoms with Gasteiger partial charge in [0.1, 0.15) is 5.75 Å². The molecule has 1 aromatic rings. The average Bonchev–Trinajstić information content (AvgIpc) is 2.49. The molecule has 0 saturated carbocycles. The summed E-state index contributed by atoms with van der Waals surface area (Å²) in [5.74, 6) is 0.771. The molecule has 114 valence electrons. The van der Waals surface area contributed by atoms with Gasteiger partial charge in [-0.25, -0.2) is 0 Å². The molecule has 1 amide bonds. The molecular weight excluding hydrogens is 266 g/mol. The van der Waals surface area contributed by atoms with Gasteiger partial charge >= 0.3 is 0 Å². The van der Waals surface area contributed by atoms with E-state index in [9.17, 15) is 4.79 Å². The second-order valence-corrected chi connectivity index (χ2v) is 5.91. The number of ether oxygens (including phenoxy) is 1. The lowest BCUT2D eigenvalue weighted by molar-refractivity contribution is -0.119. The molecule has 0 aromatic heterocycles. The Morgan fingerprint density at radius 2 is 2.05 bits per heavy atom. The number of amides is 1. The molecule has 0 aliphatic carbocycles. The molecule has 1 atom stereocenters. The fraction of sp³-hybridized carbons (Fsp3) is 0.562. The number of para-hydroxylation sites is 1. The van der Waals surface area contributed by atoms with Crippen molar-refractivity contribution in [3.8, 4) is 5.75 Å². The SMILES string of the molecule is NC(=O)CN1CCC(NC2CCOc3ccccc32)CC1. The molecular formula is C16H23N3O2. The molecule has 2 heterocycles. The van der Waals surface area contributed by atoms with Crippen LogP contribution >= 0.6 is 0 Å². The highest BCUT2D eigenvalue weighted by molar-refractivity contribution is 5.75. The van der Waals surface area contributed by atoms with Crippen molar-refractivity contribution in [2.75, 3.05) is 26.2 Å². The molecule has 5 nitrogen and oxygen atoms in total. The summed E-state index contributed by atoms with van der Waals surface area (Å²) in [6.07, 6.45) is 3.14. The van der Waals surface area contributed by atoms with Gasteiger partial charge in [-0.1, -0.05) is 18.2 Å². The molecule has 21 heavy (non-hydrogen) atoms. The minimum absolute atomic E-state index is 0.236. The Balaban J connectivity index is 1.56. The third kappa shape index (κ3) is 3.54. The van der Waals surface area contributed by atoms with Crippen LogP contribution in [0.5, 0.6) is 5.75 Å². The van der Waals surface area contributed by atoms with Gasteiger partial charge in [-0.2, -0.15) is 0 Å². The number of carbonyl (C=O) groups excluding carboxylic acids is 1. The normalized spacial score (nSPS) is 23.3. The van der Waals surface area contributed by atoms with Crippen LogP contribution in [0, 0.1) is 0 Å². The Labute approximate surface area is 125 Å². The van der Waals surface area contributed by atoms with Crippen molar-refractivity contribution in [2.45, 2.75) is 31.3 Å². The number of hydrogen-bond acceptors (Lipinski definition) is 4. The zero-order valence-corrected chi connectivity index (χ0v) is 12.3. The first kappa shape index (κ1) is 14.4. The van der Waals surface area contributed by atoms with E-state index < -0.39 is 0 Å². The van der Waals surface area contributed by atoms with Gasteiger partial charge in [0.15, 0.2) is 0 Å². The van der Waals surface area contributed by atoms with Crippen molar-refractivity contribution in [3.05, 3.63) is 29.8 Å². The molecule has 1 fully saturated rings. The van der Waals surface area contributed by atoms with E-state index in [-0.39, 0.29) is 5.91 Å². The predicted octanol–water partition coefficient (Wildman–Crippen LogP) is 1.05. The number of hydrogen-bond donors (Lipinski definition) is 2. The standard InChI is InChI=1S/C16H23N3O2/c17-16(20)11-19-8-5-12(6-9-19)18-14-7-10-21-15-4-2-1-3-13(14)15/h1-4,12,14,18H,5-11H2,(H2,17,20). The van der Waals surface area contributed by atoms with Crippen LogP contribution in [-0.2, 0) is 4.79 Å². The average molecular weight is 289 g/mol. The lowest BCUT2D eigenvalue weighted by atomic mass is 9.97. The Morgan fingerprint density at radius 1 is 1.29 bits per heavy atom. The summed E-state index contributed by atoms with van der Waals surface area (Å²) in [4.78, 5) is 13.1. The van der Waals surface area contributed by atoms with E-state index in [1.807, 2.05) is 12.1 Å². The van der Waals surface area contributed by atoms with E-state index in [2.05, 4.69) is 22.3 Å². The number of likely N-dealkylation sites (tertiary alicyclic amines) is 1. The number of rotatable bonds is 4. The van der Waals surface area contributed by atoms with Crippen molar-refractivity contribution < 1.29 is 9.53 Å². The summed E-state index contributed by atoms with van der Waals surface area (Å²) in [6.45, 7) is 3.03. The molecule has 0 radical (unpaired) electrons. The Kier molecular flexibility index (Phi) is 4.41. The number of benzene rings is 1. The Bertz CT molecular complexity index is 498. The second kappa shape index (κ2) is 6.45. The van der Waals surface area contributed by atoms with Crippen LogP contribution in [-0.4, -0.2) is 43.1 Å². The van der Waals surface area contributed by atoms with Crippen LogP contribution in [0.2, 0.25) is 0 Å². The van der Waals surface area contributed by atoms with Crippen LogP contribution in [0.1, 0.15) is 30.9 Å². The highest BCUT2D eigenvalue weighted by atomic mass is 16.5. The van der Waals surface area contributed by atoms with Crippen molar-refractivity contribution in [1.82, 2.24) is 10.2 Å². The van der Waals surface area contributed by atoms with Gasteiger partial charge in [-0.15, -0.1) is 0 Å². The van der Waals surface area contributed by atoms with E-state index in [0.717, 1.165) is 44.7 Å². The number of primary amides is 1. The molecule has 0 bridgehead atoms. The summed E-state index contributed by atoms with van der Waals surface area (Å²) < 4.78 is 5.70. The Hall–Kier alpha value is -1.59. The monoisotopic (exact) mass is 289 g/mol. The number of piperidine rings is 1. The molecule has 3 N–H and O–H groups in total. The zero-order valence-electron chi connectivity index (χ0n) is 12.3. The Morgan fingerprint density at radius 3 is 2.81 bits per heavy atom. The molecule has 5 heteroatoms. The molecule has 0 spiro atoms. The summed E-state index contributed by atoms with van der Waals surface area (Å²) in [6, 6.07) is 9.15. The highest BCUT2D eigenvalue weighted by Gasteiger charge is 2.26. The molecule has 2 aliphatic rings. The van der Waals surface area contributed by atoms with Gasteiger partial charge in [0.05, 0.1) is 13.2 Å². The molecule has 1 unspecified atom stereocenters. The van der Waals surface area contributed by atoms with Gasteiger partial charge in [-0.3, -0.25) is 9.69 Å². The number of nitrogens with one attached hydrogen (secondary N) is 1. The minimum Gasteiger partial charge on any atom is -0.493 e. The summed E-state index contributed by atoms with van der Waals surface area (Å²) in [5.41, 5.74) is 6.52. The maximum absolute atomic E-state index is 11.0. The molecule has 2 aliphatic heterocycles. The van der Waals surface area contributed by atoms with Gasteiger partial charge in [0.25, 0.3) is 0 Å². The highest BCUT2D eigenvalue weighted by Crippen LogP contribution is 2.32. The number of nitrogens with zero attached hydrogens (tertiary/aromatic N) is 1. The summed E-state index contributed by atoms with van der Waals surface area (Å²) >= 11 is 0. The molecule has 3 rings (SSSR count). The predicted molar refractivity (Wildman–Crippen MR) is 81.1 cm³/mol. The van der Waals surface area contributed by atoms with E-state index in [0.29, 0.717) is 18.6 Å². The third-order valence-electron chi connectivity index (χ3n) is 4.36. The van der Waals surface area contributed by atoms with Crippen LogP contribution in [0.25, 0.3) is 0 Å². The zero-order chi connectivity index (χ0) is 14.7. The van der Waals surface area contributed by atoms with Crippen LogP contribution < -0.4 is 15.8 Å². The lowest BCUT2D eigenvalue weighted by Gasteiger charge is -2.35. The van der Waals surface area contributed by atoms with Crippen molar-refractivity contribution in [1.29, 1.82) is 0 Å². The largest absolute Gasteiger partial charge is 0.493 e. The fourth-order valence-corrected chi connectivity index (χ4v) is 3.28. The first-order chi connectivity index (χ1) is 10.2. The fourth-order valence-electron chi connectivity index (χ4n) is 3.28. The van der Waals surface area contributed by atoms with Crippen LogP contribution in [0.15, 0.2) is 24.3 Å². The van der Waals surface area contributed by atoms with Crippen molar-refractivity contribution in [2.24, 2.45) is 5.73 Å². The molecule has 1 aromatic carbocycles. The quantitative estimate of drug-likeness (QED) is 0.869. The minimum atomic E-state index is -0.236. The first-order valence-electron chi connectivity index (χ1n) is 7.71. The summed E-state index contributed by atoms with van der Waals surface area (Å²) in [5, 5.41) is 3.77. The number of nitrogens with two attached hydrogens (primary N) is 1. The van der Waals surface area contributed by atoms with Gasteiger partial charge in [0.2, 0.25) is 5.91 Å². The number of carbonyl (C=O) groups is 1. The molecule has 1 saturated heterocycles. The first-order valence-corrected chi connectivity index (χ1v) is 7.71.